The third-order valence-corrected chi connectivity index (χ3v) is 3.87. The summed E-state index contributed by atoms with van der Waals surface area (Å²) in [5.74, 6) is -1.28. The quantitative estimate of drug-likeness (QED) is 0.659. The van der Waals surface area contributed by atoms with Gasteiger partial charge in [0.1, 0.15) is 12.3 Å². The second kappa shape index (κ2) is 10.3. The highest BCUT2D eigenvalue weighted by molar-refractivity contribution is 6.30. The van der Waals surface area contributed by atoms with E-state index in [0.29, 0.717) is 28.6 Å². The molecule has 2 aromatic rings. The predicted octanol–water partition coefficient (Wildman–Crippen LogP) is 3.04. The Kier molecular flexibility index (Phi) is 7.83. The number of benzene rings is 2. The average Bonchev–Trinajstić information content (AvgIpc) is 2.68. The summed E-state index contributed by atoms with van der Waals surface area (Å²) < 4.78 is 10.4. The van der Waals surface area contributed by atoms with Crippen molar-refractivity contribution in [1.82, 2.24) is 5.32 Å². The van der Waals surface area contributed by atoms with Crippen LogP contribution < -0.4 is 15.4 Å². The molecule has 2 amide bonds. The van der Waals surface area contributed by atoms with Crippen LogP contribution in [0.15, 0.2) is 48.5 Å². The van der Waals surface area contributed by atoms with Crippen molar-refractivity contribution in [2.75, 3.05) is 18.5 Å². The number of carbonyl (C=O) groups is 3. The lowest BCUT2D eigenvalue weighted by Gasteiger charge is -2.14. The molecule has 148 valence electrons. The van der Waals surface area contributed by atoms with Crippen LogP contribution in [0.3, 0.4) is 0 Å². The number of nitrogens with one attached hydrogen (secondary N) is 2. The van der Waals surface area contributed by atoms with Crippen molar-refractivity contribution in [3.8, 4) is 5.75 Å². The third-order valence-electron chi connectivity index (χ3n) is 3.61. The third kappa shape index (κ3) is 6.28. The van der Waals surface area contributed by atoms with Gasteiger partial charge in [-0.3, -0.25) is 14.4 Å². The maximum atomic E-state index is 12.2. The van der Waals surface area contributed by atoms with E-state index in [-0.39, 0.29) is 6.54 Å². The highest BCUT2D eigenvalue weighted by Crippen LogP contribution is 2.17. The lowest BCUT2D eigenvalue weighted by Crippen LogP contribution is -2.36. The van der Waals surface area contributed by atoms with Crippen molar-refractivity contribution >= 4 is 35.1 Å². The van der Waals surface area contributed by atoms with Gasteiger partial charge in [-0.2, -0.15) is 0 Å². The van der Waals surface area contributed by atoms with Crippen molar-refractivity contribution in [2.24, 2.45) is 0 Å². The van der Waals surface area contributed by atoms with Crippen molar-refractivity contribution in [3.63, 3.8) is 0 Å². The Labute approximate surface area is 168 Å². The van der Waals surface area contributed by atoms with Crippen LogP contribution >= 0.6 is 11.6 Å². The zero-order chi connectivity index (χ0) is 20.5. The van der Waals surface area contributed by atoms with E-state index < -0.39 is 23.9 Å². The summed E-state index contributed by atoms with van der Waals surface area (Å²) >= 11 is 5.79. The van der Waals surface area contributed by atoms with Crippen molar-refractivity contribution in [2.45, 2.75) is 20.0 Å². The number of hydrogen-bond donors (Lipinski definition) is 2. The molecule has 0 aliphatic heterocycles. The molecular weight excluding hydrogens is 384 g/mol. The van der Waals surface area contributed by atoms with Crippen molar-refractivity contribution in [3.05, 3.63) is 59.1 Å². The van der Waals surface area contributed by atoms with Gasteiger partial charge in [0.25, 0.3) is 11.8 Å². The first-order valence-electron chi connectivity index (χ1n) is 8.66. The minimum Gasteiger partial charge on any atom is -0.493 e. The predicted molar refractivity (Wildman–Crippen MR) is 106 cm³/mol. The summed E-state index contributed by atoms with van der Waals surface area (Å²) in [6, 6.07) is 13.2. The van der Waals surface area contributed by atoms with E-state index in [0.717, 1.165) is 0 Å². The lowest BCUT2D eigenvalue weighted by atomic mass is 10.2. The van der Waals surface area contributed by atoms with Crippen LogP contribution in [-0.4, -0.2) is 37.0 Å². The Morgan fingerprint density at radius 2 is 1.75 bits per heavy atom. The Morgan fingerprint density at radius 3 is 2.43 bits per heavy atom. The lowest BCUT2D eigenvalue weighted by molar-refractivity contribution is -0.152. The largest absolute Gasteiger partial charge is 0.493 e. The molecule has 0 saturated heterocycles. The number of halogens is 1. The number of amides is 2. The smallest absolute Gasteiger partial charge is 0.326 e. The van der Waals surface area contributed by atoms with Crippen LogP contribution in [0, 0.1) is 0 Å². The fourth-order valence-corrected chi connectivity index (χ4v) is 2.38. The molecular formula is C20H21ClN2O5. The molecule has 2 N–H and O–H groups in total. The summed E-state index contributed by atoms with van der Waals surface area (Å²) in [6.45, 7) is 3.28. The normalized spacial score (nSPS) is 11.2. The van der Waals surface area contributed by atoms with Gasteiger partial charge in [0.2, 0.25) is 0 Å². The molecule has 2 aromatic carbocycles. The van der Waals surface area contributed by atoms with Crippen LogP contribution in [-0.2, 0) is 14.3 Å². The number of anilines is 1. The maximum absolute atomic E-state index is 12.2. The standard InChI is InChI=1S/C20H21ClN2O5/c1-3-27-17-7-5-4-6-16(17)20(26)22-12-18(24)28-13(2)19(25)23-15-10-8-14(21)9-11-15/h4-11,13H,3,12H2,1-2H3,(H,22,26)(H,23,25)/t13-/m1/s1. The van der Waals surface area contributed by atoms with Gasteiger partial charge >= 0.3 is 5.97 Å². The second-order valence-electron chi connectivity index (χ2n) is 5.74. The number of ether oxygens (including phenoxy) is 2. The van der Waals surface area contributed by atoms with Crippen LogP contribution in [0.5, 0.6) is 5.75 Å². The molecule has 0 unspecified atom stereocenters. The summed E-state index contributed by atoms with van der Waals surface area (Å²) in [5.41, 5.74) is 0.837. The van der Waals surface area contributed by atoms with Gasteiger partial charge in [-0.05, 0) is 50.2 Å². The second-order valence-corrected chi connectivity index (χ2v) is 6.18. The van der Waals surface area contributed by atoms with E-state index in [1.54, 1.807) is 48.5 Å². The van der Waals surface area contributed by atoms with Gasteiger partial charge in [-0.25, -0.2) is 0 Å². The number of rotatable bonds is 8. The molecule has 0 radical (unpaired) electrons. The zero-order valence-corrected chi connectivity index (χ0v) is 16.3. The Morgan fingerprint density at radius 1 is 1.07 bits per heavy atom. The highest BCUT2D eigenvalue weighted by Gasteiger charge is 2.19. The van der Waals surface area contributed by atoms with E-state index >= 15 is 0 Å². The van der Waals surface area contributed by atoms with Gasteiger partial charge in [0, 0.05) is 10.7 Å². The van der Waals surface area contributed by atoms with E-state index in [1.807, 2.05) is 6.92 Å². The maximum Gasteiger partial charge on any atom is 0.326 e. The summed E-state index contributed by atoms with van der Waals surface area (Å²) in [6.07, 6.45) is -1.03. The van der Waals surface area contributed by atoms with Crippen LogP contribution in [0.1, 0.15) is 24.2 Å². The first kappa shape index (κ1) is 21.2. The molecule has 0 aromatic heterocycles. The molecule has 8 heteroatoms. The van der Waals surface area contributed by atoms with Gasteiger partial charge in [0.05, 0.1) is 12.2 Å². The topological polar surface area (TPSA) is 93.7 Å². The number of esters is 1. The Bertz CT molecular complexity index is 839. The number of carbonyl (C=O) groups excluding carboxylic acids is 3. The van der Waals surface area contributed by atoms with E-state index in [1.165, 1.54) is 6.92 Å². The average molecular weight is 405 g/mol. The molecule has 0 aliphatic carbocycles. The molecule has 0 spiro atoms. The molecule has 2 rings (SSSR count). The Balaban J connectivity index is 1.83. The molecule has 0 aliphatic rings. The molecule has 7 nitrogen and oxygen atoms in total. The zero-order valence-electron chi connectivity index (χ0n) is 15.5. The van der Waals surface area contributed by atoms with E-state index in [4.69, 9.17) is 21.1 Å². The number of hydrogen-bond acceptors (Lipinski definition) is 5. The van der Waals surface area contributed by atoms with Crippen molar-refractivity contribution < 1.29 is 23.9 Å². The van der Waals surface area contributed by atoms with Crippen LogP contribution in [0.2, 0.25) is 5.02 Å². The molecule has 0 heterocycles. The van der Waals surface area contributed by atoms with Gasteiger partial charge in [-0.15, -0.1) is 0 Å². The summed E-state index contributed by atoms with van der Waals surface area (Å²) in [4.78, 5) is 36.3. The first-order valence-corrected chi connectivity index (χ1v) is 9.04. The highest BCUT2D eigenvalue weighted by atomic mass is 35.5. The van der Waals surface area contributed by atoms with Crippen LogP contribution in [0.25, 0.3) is 0 Å². The van der Waals surface area contributed by atoms with Gasteiger partial charge in [0.15, 0.2) is 6.10 Å². The molecule has 28 heavy (non-hydrogen) atoms. The van der Waals surface area contributed by atoms with Gasteiger partial charge < -0.3 is 20.1 Å². The summed E-state index contributed by atoms with van der Waals surface area (Å²) in [5, 5.41) is 5.61. The van der Waals surface area contributed by atoms with Gasteiger partial charge in [-0.1, -0.05) is 23.7 Å². The molecule has 1 atom stereocenters. The first-order chi connectivity index (χ1) is 13.4. The number of para-hydroxylation sites is 1. The van der Waals surface area contributed by atoms with Crippen LogP contribution in [0.4, 0.5) is 5.69 Å². The SMILES string of the molecule is CCOc1ccccc1C(=O)NCC(=O)O[C@H](C)C(=O)Nc1ccc(Cl)cc1. The minimum absolute atomic E-state index is 0.311. The molecule has 0 bridgehead atoms. The molecule has 0 saturated carbocycles. The monoisotopic (exact) mass is 404 g/mol. The fraction of sp³-hybridized carbons (Fsp3) is 0.250. The summed E-state index contributed by atoms with van der Waals surface area (Å²) in [7, 11) is 0. The van der Waals surface area contributed by atoms with E-state index in [9.17, 15) is 14.4 Å². The molecule has 0 fully saturated rings. The van der Waals surface area contributed by atoms with E-state index in [2.05, 4.69) is 10.6 Å². The minimum atomic E-state index is -1.03. The Hall–Kier alpha value is -3.06. The van der Waals surface area contributed by atoms with Crippen molar-refractivity contribution in [1.29, 1.82) is 0 Å². The fourth-order valence-electron chi connectivity index (χ4n) is 2.25.